The van der Waals surface area contributed by atoms with Crippen molar-refractivity contribution in [2.24, 2.45) is 10.9 Å². The minimum atomic E-state index is 0.182. The first-order valence-corrected chi connectivity index (χ1v) is 9.29. The predicted molar refractivity (Wildman–Crippen MR) is 96.2 cm³/mol. The molecule has 4 nitrogen and oxygen atoms in total. The molecule has 120 valence electrons. The van der Waals surface area contributed by atoms with E-state index < -0.39 is 0 Å². The first kappa shape index (κ1) is 14.8. The van der Waals surface area contributed by atoms with Crippen LogP contribution in [-0.2, 0) is 4.79 Å². The second-order valence-electron chi connectivity index (χ2n) is 6.34. The highest BCUT2D eigenvalue weighted by Gasteiger charge is 2.27. The highest BCUT2D eigenvalue weighted by Crippen LogP contribution is 2.35. The molecular weight excluding hydrogens is 306 g/mol. The van der Waals surface area contributed by atoms with Crippen LogP contribution in [0.1, 0.15) is 37.7 Å². The molecule has 4 rings (SSSR count). The summed E-state index contributed by atoms with van der Waals surface area (Å²) in [5.74, 6) is 0.378. The van der Waals surface area contributed by atoms with Gasteiger partial charge in [0.15, 0.2) is 5.17 Å². The zero-order chi connectivity index (χ0) is 15.6. The fraction of sp³-hybridized carbons (Fsp3) is 0.444. The molecule has 0 unspecified atom stereocenters. The third-order valence-corrected chi connectivity index (χ3v) is 5.69. The molecule has 1 amide bonds. The standard InChI is InChI=1S/C18H21N3OS/c22-17(14-4-2-1-3-5-14)20-15-8-6-13(7-9-15)16-12-23-18-19-10-11-21(16)18/h6-9,12,14H,1-5,10-11H2,(H,20,22). The smallest absolute Gasteiger partial charge is 0.227 e. The fourth-order valence-electron chi connectivity index (χ4n) is 3.48. The van der Waals surface area contributed by atoms with Crippen LogP contribution in [0.4, 0.5) is 5.69 Å². The van der Waals surface area contributed by atoms with Gasteiger partial charge in [-0.3, -0.25) is 9.79 Å². The molecule has 3 aliphatic rings. The second kappa shape index (κ2) is 6.40. The maximum atomic E-state index is 12.3. The minimum absolute atomic E-state index is 0.182. The molecule has 1 aliphatic carbocycles. The Balaban J connectivity index is 1.42. The summed E-state index contributed by atoms with van der Waals surface area (Å²) in [5.41, 5.74) is 3.29. The van der Waals surface area contributed by atoms with Crippen molar-refractivity contribution in [3.8, 4) is 0 Å². The lowest BCUT2D eigenvalue weighted by Gasteiger charge is -2.21. The number of carbonyl (C=O) groups is 1. The maximum absolute atomic E-state index is 12.3. The van der Waals surface area contributed by atoms with E-state index in [4.69, 9.17) is 0 Å². The molecule has 1 aromatic rings. The third-order valence-electron chi connectivity index (χ3n) is 4.79. The van der Waals surface area contributed by atoms with E-state index in [-0.39, 0.29) is 11.8 Å². The van der Waals surface area contributed by atoms with E-state index in [0.29, 0.717) is 0 Å². The lowest BCUT2D eigenvalue weighted by atomic mass is 9.88. The number of rotatable bonds is 3. The molecule has 0 saturated heterocycles. The average molecular weight is 327 g/mol. The number of aliphatic imine (C=N–C) groups is 1. The molecule has 23 heavy (non-hydrogen) atoms. The molecule has 0 aromatic heterocycles. The molecule has 1 aromatic carbocycles. The topological polar surface area (TPSA) is 44.7 Å². The van der Waals surface area contributed by atoms with Crippen LogP contribution in [-0.4, -0.2) is 29.1 Å². The van der Waals surface area contributed by atoms with Gasteiger partial charge in [0.05, 0.1) is 12.2 Å². The van der Waals surface area contributed by atoms with E-state index >= 15 is 0 Å². The van der Waals surface area contributed by atoms with Crippen molar-refractivity contribution >= 4 is 34.2 Å². The number of fused-ring (bicyclic) bond motifs is 1. The number of hydrogen-bond donors (Lipinski definition) is 1. The molecule has 0 atom stereocenters. The number of anilines is 1. The average Bonchev–Trinajstić information content (AvgIpc) is 3.20. The number of amides is 1. The largest absolute Gasteiger partial charge is 0.326 e. The fourth-order valence-corrected chi connectivity index (χ4v) is 4.44. The summed E-state index contributed by atoms with van der Waals surface area (Å²) in [7, 11) is 0. The summed E-state index contributed by atoms with van der Waals surface area (Å²) in [6, 6.07) is 8.19. The summed E-state index contributed by atoms with van der Waals surface area (Å²) < 4.78 is 0. The van der Waals surface area contributed by atoms with Crippen LogP contribution < -0.4 is 5.32 Å². The number of nitrogens with zero attached hydrogens (tertiary/aromatic N) is 2. The normalized spacial score (nSPS) is 21.0. The Labute approximate surface area is 141 Å². The Morgan fingerprint density at radius 3 is 2.74 bits per heavy atom. The van der Waals surface area contributed by atoms with Gasteiger partial charge in [-0.25, -0.2) is 0 Å². The van der Waals surface area contributed by atoms with Crippen molar-refractivity contribution in [3.05, 3.63) is 35.2 Å². The molecule has 1 saturated carbocycles. The number of thioether (sulfide) groups is 1. The maximum Gasteiger partial charge on any atom is 0.227 e. The Bertz CT molecular complexity index is 659. The van der Waals surface area contributed by atoms with Crippen LogP contribution in [0.15, 0.2) is 34.7 Å². The zero-order valence-corrected chi connectivity index (χ0v) is 13.9. The highest BCUT2D eigenvalue weighted by molar-refractivity contribution is 8.16. The van der Waals surface area contributed by atoms with Crippen LogP contribution in [0.2, 0.25) is 0 Å². The second-order valence-corrected chi connectivity index (χ2v) is 7.17. The number of benzene rings is 1. The Morgan fingerprint density at radius 2 is 1.96 bits per heavy atom. The predicted octanol–water partition coefficient (Wildman–Crippen LogP) is 3.92. The van der Waals surface area contributed by atoms with Crippen LogP contribution in [0.25, 0.3) is 5.70 Å². The Kier molecular flexibility index (Phi) is 4.12. The molecule has 0 spiro atoms. The van der Waals surface area contributed by atoms with Gasteiger partial charge in [0.1, 0.15) is 0 Å². The van der Waals surface area contributed by atoms with E-state index in [0.717, 1.165) is 36.8 Å². The lowest BCUT2D eigenvalue weighted by Crippen LogP contribution is -2.24. The van der Waals surface area contributed by atoms with Gasteiger partial charge in [0.2, 0.25) is 5.91 Å². The number of carbonyl (C=O) groups excluding carboxylic acids is 1. The van der Waals surface area contributed by atoms with E-state index in [1.165, 1.54) is 30.5 Å². The van der Waals surface area contributed by atoms with Crippen LogP contribution >= 0.6 is 11.8 Å². The van der Waals surface area contributed by atoms with Crippen molar-refractivity contribution in [2.45, 2.75) is 32.1 Å². The summed E-state index contributed by atoms with van der Waals surface area (Å²) in [6.45, 7) is 1.85. The summed E-state index contributed by atoms with van der Waals surface area (Å²) in [5, 5.41) is 6.34. The van der Waals surface area contributed by atoms with E-state index in [1.54, 1.807) is 11.8 Å². The monoisotopic (exact) mass is 327 g/mol. The van der Waals surface area contributed by atoms with Gasteiger partial charge in [-0.15, -0.1) is 0 Å². The third kappa shape index (κ3) is 3.02. The number of nitrogens with one attached hydrogen (secondary N) is 1. The van der Waals surface area contributed by atoms with Gasteiger partial charge in [-0.2, -0.15) is 0 Å². The van der Waals surface area contributed by atoms with Crippen molar-refractivity contribution < 1.29 is 4.79 Å². The van der Waals surface area contributed by atoms with Gasteiger partial charge in [-0.05, 0) is 30.5 Å². The van der Waals surface area contributed by atoms with Gasteiger partial charge < -0.3 is 10.2 Å². The molecule has 5 heteroatoms. The number of hydrogen-bond acceptors (Lipinski definition) is 4. The SMILES string of the molecule is O=C(Nc1ccc(C2=CSC3=NCCN23)cc1)C1CCCCC1. The zero-order valence-electron chi connectivity index (χ0n) is 13.1. The van der Waals surface area contributed by atoms with Gasteiger partial charge in [-0.1, -0.05) is 43.2 Å². The summed E-state index contributed by atoms with van der Waals surface area (Å²) in [4.78, 5) is 19.1. The summed E-state index contributed by atoms with van der Waals surface area (Å²) in [6.07, 6.45) is 5.70. The van der Waals surface area contributed by atoms with E-state index in [9.17, 15) is 4.79 Å². The molecule has 1 N–H and O–H groups in total. The Morgan fingerprint density at radius 1 is 1.17 bits per heavy atom. The van der Waals surface area contributed by atoms with Gasteiger partial charge in [0, 0.05) is 23.6 Å². The molecular formula is C18H21N3OS. The van der Waals surface area contributed by atoms with Crippen molar-refractivity contribution in [3.63, 3.8) is 0 Å². The van der Waals surface area contributed by atoms with Gasteiger partial charge >= 0.3 is 0 Å². The summed E-state index contributed by atoms with van der Waals surface area (Å²) >= 11 is 1.69. The first-order chi connectivity index (χ1) is 11.3. The molecule has 0 radical (unpaired) electrons. The molecule has 2 heterocycles. The molecule has 0 bridgehead atoms. The lowest BCUT2D eigenvalue weighted by molar-refractivity contribution is -0.120. The first-order valence-electron chi connectivity index (χ1n) is 8.41. The van der Waals surface area contributed by atoms with Crippen LogP contribution in [0.5, 0.6) is 0 Å². The van der Waals surface area contributed by atoms with E-state index in [1.807, 2.05) is 12.1 Å². The van der Waals surface area contributed by atoms with Crippen molar-refractivity contribution in [1.29, 1.82) is 0 Å². The van der Waals surface area contributed by atoms with Crippen molar-refractivity contribution in [2.75, 3.05) is 18.4 Å². The van der Waals surface area contributed by atoms with Crippen LogP contribution in [0.3, 0.4) is 0 Å². The molecule has 2 aliphatic heterocycles. The number of amidine groups is 1. The van der Waals surface area contributed by atoms with Crippen molar-refractivity contribution in [1.82, 2.24) is 4.90 Å². The van der Waals surface area contributed by atoms with Crippen LogP contribution in [0, 0.1) is 5.92 Å². The van der Waals surface area contributed by atoms with E-state index in [2.05, 4.69) is 32.7 Å². The Hall–Kier alpha value is -1.75. The van der Waals surface area contributed by atoms with Gasteiger partial charge in [0.25, 0.3) is 0 Å². The quantitative estimate of drug-likeness (QED) is 0.915. The molecule has 1 fully saturated rings. The highest BCUT2D eigenvalue weighted by atomic mass is 32.2. The minimum Gasteiger partial charge on any atom is -0.326 e.